The zero-order valence-electron chi connectivity index (χ0n) is 7.98. The average Bonchev–Trinajstić information content (AvgIpc) is 2.84. The summed E-state index contributed by atoms with van der Waals surface area (Å²) in [4.78, 5) is 10.3. The van der Waals surface area contributed by atoms with E-state index < -0.39 is 31.2 Å². The second-order valence-corrected chi connectivity index (χ2v) is 2.61. The molecule has 1 heterocycles. The third-order valence-corrected chi connectivity index (χ3v) is 1.46. The summed E-state index contributed by atoms with van der Waals surface area (Å²) < 4.78 is 4.58. The fraction of sp³-hybridized carbons (Fsp3) is 0.444. The second kappa shape index (κ2) is 8.13. The topological polar surface area (TPSA) is 111 Å². The minimum absolute atomic E-state index is 0.701. The highest BCUT2D eigenvalue weighted by molar-refractivity contribution is 5.84. The predicted molar refractivity (Wildman–Crippen MR) is 49.9 cm³/mol. The van der Waals surface area contributed by atoms with Crippen molar-refractivity contribution in [2.45, 2.75) is 12.2 Å². The molecule has 0 fully saturated rings. The lowest BCUT2D eigenvalue weighted by molar-refractivity contribution is -0.137. The Kier molecular flexibility index (Phi) is 7.47. The van der Waals surface area contributed by atoms with Crippen LogP contribution in [0.4, 0.5) is 0 Å². The van der Waals surface area contributed by atoms with Crippen molar-refractivity contribution in [3.8, 4) is 0 Å². The molecular formula is C9H14O6. The Balaban J connectivity index is 0.000000322. The molecule has 2 atom stereocenters. The maximum absolute atomic E-state index is 10.3. The lowest BCUT2D eigenvalue weighted by Crippen LogP contribution is -2.37. The molecule has 1 rings (SSSR count). The Morgan fingerprint density at radius 1 is 1.20 bits per heavy atom. The van der Waals surface area contributed by atoms with Crippen LogP contribution in [0.3, 0.4) is 0 Å². The Morgan fingerprint density at radius 3 is 2.00 bits per heavy atom. The summed E-state index contributed by atoms with van der Waals surface area (Å²) in [5, 5.41) is 33.6. The van der Waals surface area contributed by atoms with Gasteiger partial charge in [0.1, 0.15) is 18.8 Å². The van der Waals surface area contributed by atoms with E-state index in [1.165, 1.54) is 0 Å². The van der Waals surface area contributed by atoms with Crippen molar-refractivity contribution in [1.29, 1.82) is 0 Å². The van der Waals surface area contributed by atoms with E-state index in [2.05, 4.69) is 4.42 Å². The van der Waals surface area contributed by atoms with Gasteiger partial charge in [0.2, 0.25) is 0 Å². The van der Waals surface area contributed by atoms with E-state index in [-0.39, 0.29) is 0 Å². The zero-order chi connectivity index (χ0) is 11.7. The quantitative estimate of drug-likeness (QED) is 0.491. The van der Waals surface area contributed by atoms with Gasteiger partial charge < -0.3 is 24.8 Å². The van der Waals surface area contributed by atoms with Gasteiger partial charge in [-0.2, -0.15) is 0 Å². The van der Waals surface area contributed by atoms with Crippen LogP contribution in [-0.4, -0.2) is 51.6 Å². The van der Waals surface area contributed by atoms with Gasteiger partial charge in [-0.25, -0.2) is 0 Å². The summed E-state index contributed by atoms with van der Waals surface area (Å²) in [6.45, 7) is -1.54. The third kappa shape index (κ3) is 5.97. The van der Waals surface area contributed by atoms with Gasteiger partial charge >= 0.3 is 0 Å². The molecular weight excluding hydrogens is 204 g/mol. The fourth-order valence-electron chi connectivity index (χ4n) is 0.635. The van der Waals surface area contributed by atoms with Crippen molar-refractivity contribution in [3.05, 3.63) is 24.7 Å². The molecule has 0 spiro atoms. The van der Waals surface area contributed by atoms with E-state index in [9.17, 15) is 4.79 Å². The van der Waals surface area contributed by atoms with Crippen molar-refractivity contribution in [2.24, 2.45) is 0 Å². The molecule has 6 nitrogen and oxygen atoms in total. The molecule has 0 aliphatic rings. The first-order valence-corrected chi connectivity index (χ1v) is 4.21. The number of hydrogen-bond acceptors (Lipinski definition) is 6. The first kappa shape index (κ1) is 13.8. The Bertz CT molecular complexity index is 228. The van der Waals surface area contributed by atoms with Gasteiger partial charge in [-0.15, -0.1) is 0 Å². The summed E-state index contributed by atoms with van der Waals surface area (Å²) >= 11 is 0. The Hall–Kier alpha value is -1.21. The van der Waals surface area contributed by atoms with Crippen LogP contribution in [-0.2, 0) is 4.79 Å². The van der Waals surface area contributed by atoms with Crippen molar-refractivity contribution in [1.82, 2.24) is 0 Å². The van der Waals surface area contributed by atoms with Crippen LogP contribution >= 0.6 is 0 Å². The molecule has 15 heavy (non-hydrogen) atoms. The van der Waals surface area contributed by atoms with Gasteiger partial charge in [0.05, 0.1) is 19.1 Å². The summed E-state index contributed by atoms with van der Waals surface area (Å²) in [6, 6.07) is 3.67. The van der Waals surface area contributed by atoms with E-state index in [1.54, 1.807) is 12.5 Å². The van der Waals surface area contributed by atoms with Gasteiger partial charge in [-0.3, -0.25) is 4.79 Å². The highest BCUT2D eigenvalue weighted by atomic mass is 16.4. The number of furan rings is 1. The second-order valence-electron chi connectivity index (χ2n) is 2.61. The first-order chi connectivity index (χ1) is 7.13. The lowest BCUT2D eigenvalue weighted by Gasteiger charge is -2.11. The predicted octanol–water partition coefficient (Wildman–Crippen LogP) is -1.46. The number of Topliss-reactive ketones (excluding diaryl/α,β-unsaturated/α-hetero) is 1. The molecule has 0 saturated carbocycles. The van der Waals surface area contributed by atoms with E-state index >= 15 is 0 Å². The summed E-state index contributed by atoms with van der Waals surface area (Å²) in [5.41, 5.74) is 0. The largest absolute Gasteiger partial charge is 0.473 e. The highest BCUT2D eigenvalue weighted by Crippen LogP contribution is 1.92. The van der Waals surface area contributed by atoms with E-state index in [0.717, 1.165) is 0 Å². The van der Waals surface area contributed by atoms with Gasteiger partial charge in [0.15, 0.2) is 5.78 Å². The van der Waals surface area contributed by atoms with Gasteiger partial charge in [0.25, 0.3) is 0 Å². The SMILES string of the molecule is O=C(CO)C(O)C(O)CO.c1ccoc1. The number of ketones is 1. The average molecular weight is 218 g/mol. The molecule has 86 valence electrons. The van der Waals surface area contributed by atoms with Crippen LogP contribution < -0.4 is 0 Å². The molecule has 0 radical (unpaired) electrons. The molecule has 0 aliphatic carbocycles. The molecule has 0 aliphatic heterocycles. The molecule has 1 aromatic heterocycles. The molecule has 4 N–H and O–H groups in total. The van der Waals surface area contributed by atoms with Crippen LogP contribution in [0.15, 0.2) is 29.1 Å². The van der Waals surface area contributed by atoms with E-state index in [4.69, 9.17) is 20.4 Å². The van der Waals surface area contributed by atoms with Crippen LogP contribution in [0, 0.1) is 0 Å². The standard InChI is InChI=1S/C5H10O5.C4H4O/c6-1-3(8)5(10)4(9)2-7;1-2-4-5-3-1/h3,5-8,10H,1-2H2;1-4H. The molecule has 2 unspecified atom stereocenters. The maximum Gasteiger partial charge on any atom is 0.189 e. The smallest absolute Gasteiger partial charge is 0.189 e. The van der Waals surface area contributed by atoms with Crippen molar-refractivity contribution >= 4 is 5.78 Å². The molecule has 0 aromatic carbocycles. The molecule has 1 aromatic rings. The molecule has 6 heteroatoms. The molecule has 0 bridgehead atoms. The Labute approximate surface area is 86.4 Å². The van der Waals surface area contributed by atoms with Crippen molar-refractivity contribution < 1.29 is 29.6 Å². The number of hydrogen-bond donors (Lipinski definition) is 4. The highest BCUT2D eigenvalue weighted by Gasteiger charge is 2.21. The molecule has 0 saturated heterocycles. The monoisotopic (exact) mass is 218 g/mol. The number of rotatable bonds is 4. The zero-order valence-corrected chi connectivity index (χ0v) is 7.98. The molecule has 0 amide bonds. The van der Waals surface area contributed by atoms with Gasteiger partial charge in [-0.05, 0) is 12.1 Å². The minimum Gasteiger partial charge on any atom is -0.473 e. The maximum atomic E-state index is 10.3. The van der Waals surface area contributed by atoms with E-state index in [1.807, 2.05) is 12.1 Å². The Morgan fingerprint density at radius 2 is 1.73 bits per heavy atom. The van der Waals surface area contributed by atoms with Crippen LogP contribution in [0.2, 0.25) is 0 Å². The van der Waals surface area contributed by atoms with Gasteiger partial charge in [0, 0.05) is 0 Å². The number of aliphatic hydroxyl groups excluding tert-OH is 4. The van der Waals surface area contributed by atoms with E-state index in [0.29, 0.717) is 0 Å². The minimum atomic E-state index is -1.69. The third-order valence-electron chi connectivity index (χ3n) is 1.46. The summed E-state index contributed by atoms with van der Waals surface area (Å²) in [5.74, 6) is -0.901. The first-order valence-electron chi connectivity index (χ1n) is 4.21. The number of carbonyl (C=O) groups excluding carboxylic acids is 1. The van der Waals surface area contributed by atoms with Crippen LogP contribution in [0.1, 0.15) is 0 Å². The lowest BCUT2D eigenvalue weighted by atomic mass is 10.1. The van der Waals surface area contributed by atoms with Gasteiger partial charge in [-0.1, -0.05) is 0 Å². The fourth-order valence-corrected chi connectivity index (χ4v) is 0.635. The summed E-state index contributed by atoms with van der Waals surface area (Å²) in [7, 11) is 0. The number of carbonyl (C=O) groups is 1. The van der Waals surface area contributed by atoms with Crippen LogP contribution in [0.25, 0.3) is 0 Å². The number of aliphatic hydroxyl groups is 4. The van der Waals surface area contributed by atoms with Crippen molar-refractivity contribution in [2.75, 3.05) is 13.2 Å². The van der Waals surface area contributed by atoms with Crippen LogP contribution in [0.5, 0.6) is 0 Å². The summed E-state index contributed by atoms with van der Waals surface area (Å²) in [6.07, 6.45) is 0.0645. The van der Waals surface area contributed by atoms with Crippen molar-refractivity contribution in [3.63, 3.8) is 0 Å². The normalized spacial score (nSPS) is 13.6.